The maximum absolute atomic E-state index is 13.1. The van der Waals surface area contributed by atoms with Crippen LogP contribution in [0, 0.1) is 6.92 Å². The molecule has 120 valence electrons. The predicted octanol–water partition coefficient (Wildman–Crippen LogP) is 3.40. The van der Waals surface area contributed by atoms with Crippen LogP contribution in [0.4, 0.5) is 5.69 Å². The van der Waals surface area contributed by atoms with Gasteiger partial charge in [-0.05, 0) is 38.0 Å². The average molecular weight is 328 g/mol. The number of hydrogen-bond acceptors (Lipinski definition) is 3. The highest BCUT2D eigenvalue weighted by atomic mass is 32.2. The van der Waals surface area contributed by atoms with Crippen LogP contribution >= 0.6 is 0 Å². The van der Waals surface area contributed by atoms with Gasteiger partial charge in [-0.3, -0.25) is 9.30 Å². The van der Waals surface area contributed by atoms with Gasteiger partial charge in [-0.2, -0.15) is 0 Å². The second kappa shape index (κ2) is 6.16. The number of aryl methyl sites for hydroxylation is 1. The molecule has 0 amide bonds. The minimum Gasteiger partial charge on any atom is -0.292 e. The molecule has 1 heterocycles. The van der Waals surface area contributed by atoms with Crippen LogP contribution in [0.3, 0.4) is 0 Å². The third-order valence-corrected chi connectivity index (χ3v) is 5.96. The molecule has 3 rings (SSSR count). The van der Waals surface area contributed by atoms with Gasteiger partial charge in [-0.25, -0.2) is 8.42 Å². The Morgan fingerprint density at radius 2 is 1.74 bits per heavy atom. The van der Waals surface area contributed by atoms with Crippen molar-refractivity contribution < 1.29 is 8.42 Å². The van der Waals surface area contributed by atoms with Crippen molar-refractivity contribution in [3.63, 3.8) is 0 Å². The van der Waals surface area contributed by atoms with Gasteiger partial charge in [0.2, 0.25) is 0 Å². The zero-order valence-corrected chi connectivity index (χ0v) is 14.2. The van der Waals surface area contributed by atoms with Gasteiger partial charge in [0.05, 0.1) is 10.6 Å². The number of para-hydroxylation sites is 1. The van der Waals surface area contributed by atoms with Crippen molar-refractivity contribution >= 4 is 21.4 Å². The highest BCUT2D eigenvalue weighted by molar-refractivity contribution is 7.92. The Labute approximate surface area is 137 Å². The number of anilines is 1. The van der Waals surface area contributed by atoms with Crippen LogP contribution in [-0.4, -0.2) is 27.7 Å². The predicted molar refractivity (Wildman–Crippen MR) is 93.8 cm³/mol. The quantitative estimate of drug-likeness (QED) is 0.848. The smallest absolute Gasteiger partial charge is 0.264 e. The molecule has 0 unspecified atom stereocenters. The lowest BCUT2D eigenvalue weighted by molar-refractivity contribution is 0.590. The van der Waals surface area contributed by atoms with Gasteiger partial charge in [-0.1, -0.05) is 35.9 Å². The molecule has 5 heteroatoms. The first-order valence-corrected chi connectivity index (χ1v) is 9.12. The second-order valence-corrected chi connectivity index (χ2v) is 7.54. The molecule has 0 saturated carbocycles. The lowest BCUT2D eigenvalue weighted by atomic mass is 10.1. The summed E-state index contributed by atoms with van der Waals surface area (Å²) < 4.78 is 27.7. The van der Waals surface area contributed by atoms with E-state index in [-0.39, 0.29) is 0 Å². The fourth-order valence-electron chi connectivity index (χ4n) is 2.90. The van der Waals surface area contributed by atoms with Crippen LogP contribution in [0.2, 0.25) is 0 Å². The zero-order valence-electron chi connectivity index (χ0n) is 13.4. The molecule has 0 aromatic heterocycles. The van der Waals surface area contributed by atoms with Gasteiger partial charge in [0.25, 0.3) is 10.0 Å². The molecule has 2 aromatic rings. The van der Waals surface area contributed by atoms with E-state index in [1.165, 1.54) is 4.31 Å². The summed E-state index contributed by atoms with van der Waals surface area (Å²) in [4.78, 5) is 4.67. The number of hydrogen-bond donors (Lipinski definition) is 0. The van der Waals surface area contributed by atoms with Crippen LogP contribution in [0.5, 0.6) is 0 Å². The van der Waals surface area contributed by atoms with Crippen molar-refractivity contribution in [2.24, 2.45) is 4.99 Å². The fourth-order valence-corrected chi connectivity index (χ4v) is 4.42. The molecule has 0 aliphatic carbocycles. The van der Waals surface area contributed by atoms with Crippen molar-refractivity contribution in [1.82, 2.24) is 0 Å². The first-order chi connectivity index (χ1) is 11.0. The Hall–Kier alpha value is -2.14. The third-order valence-electron chi connectivity index (χ3n) is 4.14. The SMILES string of the molecule is CN=C1CCCN(S(=O)(=O)c2ccc(C)cc2)c2ccccc21. The minimum absolute atomic E-state index is 0.329. The number of rotatable bonds is 2. The van der Waals surface area contributed by atoms with Gasteiger partial charge in [0.15, 0.2) is 0 Å². The van der Waals surface area contributed by atoms with E-state index in [0.717, 1.165) is 29.7 Å². The topological polar surface area (TPSA) is 49.7 Å². The van der Waals surface area contributed by atoms with Crippen LogP contribution in [0.1, 0.15) is 24.0 Å². The lowest BCUT2D eigenvalue weighted by Crippen LogP contribution is -2.31. The van der Waals surface area contributed by atoms with E-state index in [9.17, 15) is 8.42 Å². The fraction of sp³-hybridized carbons (Fsp3) is 0.278. The Bertz CT molecular complexity index is 840. The summed E-state index contributed by atoms with van der Waals surface area (Å²) in [5, 5.41) is 0. The maximum atomic E-state index is 13.1. The largest absolute Gasteiger partial charge is 0.292 e. The normalized spacial score (nSPS) is 17.0. The summed E-state index contributed by atoms with van der Waals surface area (Å²) in [6.45, 7) is 2.41. The Balaban J connectivity index is 2.13. The monoisotopic (exact) mass is 328 g/mol. The van der Waals surface area contributed by atoms with Crippen molar-refractivity contribution in [3.8, 4) is 0 Å². The summed E-state index contributed by atoms with van der Waals surface area (Å²) >= 11 is 0. The lowest BCUT2D eigenvalue weighted by Gasteiger charge is -2.24. The summed E-state index contributed by atoms with van der Waals surface area (Å²) in [6, 6.07) is 14.6. The van der Waals surface area contributed by atoms with Crippen molar-refractivity contribution in [2.75, 3.05) is 17.9 Å². The van der Waals surface area contributed by atoms with Gasteiger partial charge in [0.1, 0.15) is 0 Å². The summed E-state index contributed by atoms with van der Waals surface area (Å²) in [7, 11) is -1.81. The van der Waals surface area contributed by atoms with Gasteiger partial charge < -0.3 is 0 Å². The molecule has 0 bridgehead atoms. The number of fused-ring (bicyclic) bond motifs is 1. The third kappa shape index (κ3) is 2.88. The van der Waals surface area contributed by atoms with Crippen molar-refractivity contribution in [2.45, 2.75) is 24.7 Å². The molecule has 0 saturated heterocycles. The van der Waals surface area contributed by atoms with Crippen LogP contribution in [-0.2, 0) is 10.0 Å². The molecule has 0 atom stereocenters. The molecule has 1 aliphatic heterocycles. The number of aliphatic imine (C=N–C) groups is 1. The molecule has 4 nitrogen and oxygen atoms in total. The first kappa shape index (κ1) is 15.7. The van der Waals surface area contributed by atoms with Gasteiger partial charge >= 0.3 is 0 Å². The molecule has 0 spiro atoms. The molecular weight excluding hydrogens is 308 g/mol. The Morgan fingerprint density at radius 3 is 2.43 bits per heavy atom. The van der Waals surface area contributed by atoms with E-state index in [4.69, 9.17) is 0 Å². The number of nitrogens with zero attached hydrogens (tertiary/aromatic N) is 2. The second-order valence-electron chi connectivity index (χ2n) is 5.68. The van der Waals surface area contributed by atoms with E-state index in [0.29, 0.717) is 17.1 Å². The van der Waals surface area contributed by atoms with E-state index in [1.54, 1.807) is 19.2 Å². The summed E-state index contributed by atoms with van der Waals surface area (Å²) in [5.41, 5.74) is 3.62. The van der Waals surface area contributed by atoms with E-state index in [1.807, 2.05) is 43.3 Å². The number of sulfonamides is 1. The van der Waals surface area contributed by atoms with Crippen molar-refractivity contribution in [1.29, 1.82) is 0 Å². The van der Waals surface area contributed by atoms with E-state index >= 15 is 0 Å². The van der Waals surface area contributed by atoms with Crippen LogP contribution < -0.4 is 4.31 Å². The average Bonchev–Trinajstić information content (AvgIpc) is 2.75. The summed E-state index contributed by atoms with van der Waals surface area (Å²) in [6.07, 6.45) is 1.54. The highest BCUT2D eigenvalue weighted by Gasteiger charge is 2.29. The van der Waals surface area contributed by atoms with Crippen LogP contribution in [0.25, 0.3) is 0 Å². The van der Waals surface area contributed by atoms with Gasteiger partial charge in [-0.15, -0.1) is 0 Å². The standard InChI is InChI=1S/C18H20N2O2S/c1-14-9-11-15(12-10-14)23(21,22)20-13-5-7-17(19-2)16-6-3-4-8-18(16)20/h3-4,6,8-12H,5,7,13H2,1-2H3. The van der Waals surface area contributed by atoms with Crippen LogP contribution in [0.15, 0.2) is 58.4 Å². The molecule has 1 aliphatic rings. The highest BCUT2D eigenvalue weighted by Crippen LogP contribution is 2.31. The number of benzene rings is 2. The van der Waals surface area contributed by atoms with Crippen molar-refractivity contribution in [3.05, 3.63) is 59.7 Å². The molecule has 0 N–H and O–H groups in total. The molecular formula is C18H20N2O2S. The Kier molecular flexibility index (Phi) is 4.22. The maximum Gasteiger partial charge on any atom is 0.264 e. The van der Waals surface area contributed by atoms with Gasteiger partial charge in [0, 0.05) is 24.9 Å². The molecule has 2 aromatic carbocycles. The van der Waals surface area contributed by atoms with E-state index < -0.39 is 10.0 Å². The Morgan fingerprint density at radius 1 is 1.04 bits per heavy atom. The minimum atomic E-state index is -3.57. The molecule has 0 radical (unpaired) electrons. The molecule has 23 heavy (non-hydrogen) atoms. The first-order valence-electron chi connectivity index (χ1n) is 7.68. The van der Waals surface area contributed by atoms with E-state index in [2.05, 4.69) is 4.99 Å². The summed E-state index contributed by atoms with van der Waals surface area (Å²) in [5.74, 6) is 0. The molecule has 0 fully saturated rings. The zero-order chi connectivity index (χ0) is 16.4.